The van der Waals surface area contributed by atoms with Crippen molar-refractivity contribution in [2.45, 2.75) is 31.0 Å². The number of carbonyl (C=O) groups excluding carboxylic acids is 2. The maximum atomic E-state index is 12.9. The second kappa shape index (κ2) is 10.8. The van der Waals surface area contributed by atoms with Gasteiger partial charge in [0.05, 0.1) is 30.4 Å². The Morgan fingerprint density at radius 3 is 2.75 bits per heavy atom. The molecule has 0 unspecified atom stereocenters. The largest absolute Gasteiger partial charge is 0.483 e. The highest BCUT2D eigenvalue weighted by Gasteiger charge is 2.38. The molecule has 4 rings (SSSR count). The van der Waals surface area contributed by atoms with E-state index in [0.29, 0.717) is 30.8 Å². The molecule has 0 bridgehead atoms. The molecule has 3 atom stereocenters. The Labute approximate surface area is 186 Å². The number of rotatable bonds is 5. The summed E-state index contributed by atoms with van der Waals surface area (Å²) in [7, 11) is 3.51. The summed E-state index contributed by atoms with van der Waals surface area (Å²) in [5.74, 6) is -0.0524. The Bertz CT molecular complexity index is 919. The second-order valence-electron chi connectivity index (χ2n) is 7.92. The van der Waals surface area contributed by atoms with Crippen molar-refractivity contribution in [2.75, 3.05) is 33.8 Å². The lowest BCUT2D eigenvalue weighted by Crippen LogP contribution is -2.47. The fraction of sp³-hybridized carbons (Fsp3) is 0.476. The molecule has 2 fully saturated rings. The van der Waals surface area contributed by atoms with Gasteiger partial charge in [0.15, 0.2) is 0 Å². The van der Waals surface area contributed by atoms with Crippen LogP contribution in [0.15, 0.2) is 36.9 Å². The predicted octanol–water partition coefficient (Wildman–Crippen LogP) is 0.0179. The van der Waals surface area contributed by atoms with Gasteiger partial charge in [-0.25, -0.2) is 9.67 Å². The molecule has 32 heavy (non-hydrogen) atoms. The van der Waals surface area contributed by atoms with E-state index in [2.05, 4.69) is 20.3 Å². The van der Waals surface area contributed by atoms with Gasteiger partial charge < -0.3 is 20.1 Å². The Morgan fingerprint density at radius 1 is 1.31 bits per heavy atom. The molecule has 2 aliphatic heterocycles. The van der Waals surface area contributed by atoms with E-state index in [1.54, 1.807) is 36.1 Å². The molecule has 172 valence electrons. The molecule has 11 nitrogen and oxygen atoms in total. The van der Waals surface area contributed by atoms with Gasteiger partial charge in [0, 0.05) is 39.3 Å². The highest BCUT2D eigenvalue weighted by Crippen LogP contribution is 2.25. The van der Waals surface area contributed by atoms with Crippen molar-refractivity contribution in [3.8, 4) is 5.69 Å². The number of nitrogens with zero attached hydrogens (tertiary/aromatic N) is 5. The van der Waals surface area contributed by atoms with Crippen LogP contribution >= 0.6 is 0 Å². The van der Waals surface area contributed by atoms with Crippen molar-refractivity contribution in [3.05, 3.63) is 42.5 Å². The minimum atomic E-state index is -0.250. The van der Waals surface area contributed by atoms with Crippen LogP contribution in [0.1, 0.15) is 23.2 Å². The highest BCUT2D eigenvalue weighted by atomic mass is 16.5. The van der Waals surface area contributed by atoms with Crippen molar-refractivity contribution < 1.29 is 24.2 Å². The Kier molecular flexibility index (Phi) is 7.90. The summed E-state index contributed by atoms with van der Waals surface area (Å²) in [6.07, 6.45) is 4.16. The molecular formula is C21H28N6O5. The topological polar surface area (TPSA) is 130 Å². The van der Waals surface area contributed by atoms with E-state index in [1.165, 1.54) is 6.33 Å². The van der Waals surface area contributed by atoms with E-state index in [4.69, 9.17) is 14.6 Å². The van der Waals surface area contributed by atoms with Crippen LogP contribution in [0.4, 0.5) is 0 Å². The first kappa shape index (κ1) is 23.4. The molecule has 1 aromatic carbocycles. The molecule has 2 N–H and O–H groups in total. The van der Waals surface area contributed by atoms with E-state index in [9.17, 15) is 9.59 Å². The molecule has 1 aromatic heterocycles. The van der Waals surface area contributed by atoms with Crippen LogP contribution in [0.25, 0.3) is 5.69 Å². The Morgan fingerprint density at radius 2 is 2.06 bits per heavy atom. The number of hydrogen-bond donors (Lipinski definition) is 2. The average molecular weight is 444 g/mol. The monoisotopic (exact) mass is 444 g/mol. The number of morpholine rings is 1. The summed E-state index contributed by atoms with van der Waals surface area (Å²) in [6, 6.07) is 7.67. The average Bonchev–Trinajstić information content (AvgIpc) is 3.43. The number of hydrogen-bond acceptors (Lipinski definition) is 7. The van der Waals surface area contributed by atoms with Gasteiger partial charge in [-0.3, -0.25) is 19.3 Å². The van der Waals surface area contributed by atoms with Crippen molar-refractivity contribution >= 4 is 18.3 Å². The number of fused-ring (bicyclic) bond motifs is 1. The molecule has 11 heteroatoms. The summed E-state index contributed by atoms with van der Waals surface area (Å²) in [5, 5.41) is 14.2. The first-order valence-electron chi connectivity index (χ1n) is 10.3. The van der Waals surface area contributed by atoms with Gasteiger partial charge in [-0.15, -0.1) is 0 Å². The zero-order valence-electron chi connectivity index (χ0n) is 18.1. The van der Waals surface area contributed by atoms with Crippen LogP contribution in [0.2, 0.25) is 0 Å². The van der Waals surface area contributed by atoms with Crippen LogP contribution in [0.3, 0.4) is 0 Å². The first-order chi connectivity index (χ1) is 15.4. The smallest absolute Gasteiger partial charge is 0.290 e. The molecule has 0 radical (unpaired) electrons. The predicted molar refractivity (Wildman–Crippen MR) is 114 cm³/mol. The summed E-state index contributed by atoms with van der Waals surface area (Å²) >= 11 is 0. The van der Waals surface area contributed by atoms with Crippen molar-refractivity contribution in [1.29, 1.82) is 0 Å². The third kappa shape index (κ3) is 5.68. The molecule has 2 saturated heterocycles. The zero-order valence-corrected chi connectivity index (χ0v) is 18.1. The standard InChI is InChI=1S/C20H26N6O3.CH2O2/c1-24(2)19(27)8-16-10-25-9-14(7-15(25)11-29-16)23-20(28)17-5-3-4-6-18(17)26-13-21-12-22-26;2-1-3/h3-6,12-16H,7-11H2,1-2H3,(H,23,28);1H,(H,2,3)/t14-,15-,16-;/m0./s1. The third-order valence-electron chi connectivity index (χ3n) is 5.54. The van der Waals surface area contributed by atoms with Gasteiger partial charge in [-0.2, -0.15) is 5.10 Å². The summed E-state index contributed by atoms with van der Waals surface area (Å²) in [6.45, 7) is 1.82. The van der Waals surface area contributed by atoms with Crippen LogP contribution in [0.5, 0.6) is 0 Å². The van der Waals surface area contributed by atoms with Crippen LogP contribution < -0.4 is 5.32 Å². The lowest BCUT2D eigenvalue weighted by molar-refractivity contribution is -0.134. The van der Waals surface area contributed by atoms with E-state index in [0.717, 1.165) is 13.0 Å². The molecule has 0 spiro atoms. The molecule has 0 aliphatic carbocycles. The fourth-order valence-corrected chi connectivity index (χ4v) is 4.01. The van der Waals surface area contributed by atoms with Crippen LogP contribution in [-0.2, 0) is 14.3 Å². The van der Waals surface area contributed by atoms with Gasteiger partial charge in [0.25, 0.3) is 12.4 Å². The van der Waals surface area contributed by atoms with Crippen molar-refractivity contribution in [1.82, 2.24) is 29.9 Å². The first-order valence-corrected chi connectivity index (χ1v) is 10.3. The molecule has 0 saturated carbocycles. The molecule has 2 aromatic rings. The van der Waals surface area contributed by atoms with Crippen LogP contribution in [-0.4, -0.2) is 99.9 Å². The maximum absolute atomic E-state index is 12.9. The number of benzene rings is 1. The van der Waals surface area contributed by atoms with Gasteiger partial charge >= 0.3 is 0 Å². The highest BCUT2D eigenvalue weighted by molar-refractivity contribution is 5.97. The van der Waals surface area contributed by atoms with Crippen molar-refractivity contribution in [2.24, 2.45) is 0 Å². The van der Waals surface area contributed by atoms with Gasteiger partial charge in [-0.1, -0.05) is 12.1 Å². The number of aromatic nitrogens is 3. The lowest BCUT2D eigenvalue weighted by Gasteiger charge is -2.35. The normalized spacial score (nSPS) is 22.2. The zero-order chi connectivity index (χ0) is 23.1. The molecular weight excluding hydrogens is 416 g/mol. The third-order valence-corrected chi connectivity index (χ3v) is 5.54. The summed E-state index contributed by atoms with van der Waals surface area (Å²) in [4.78, 5) is 41.1. The van der Waals surface area contributed by atoms with E-state index >= 15 is 0 Å². The fourth-order valence-electron chi connectivity index (χ4n) is 4.01. The maximum Gasteiger partial charge on any atom is 0.290 e. The Hall–Kier alpha value is -3.31. The number of carbonyl (C=O) groups is 3. The minimum absolute atomic E-state index is 0.0446. The number of carboxylic acid groups (broad SMARTS) is 1. The lowest BCUT2D eigenvalue weighted by atomic mass is 10.1. The number of amides is 2. The molecule has 2 aliphatic rings. The van der Waals surface area contributed by atoms with Crippen molar-refractivity contribution in [3.63, 3.8) is 0 Å². The van der Waals surface area contributed by atoms with Crippen LogP contribution in [0, 0.1) is 0 Å². The summed E-state index contributed by atoms with van der Waals surface area (Å²) < 4.78 is 7.49. The molecule has 3 heterocycles. The van der Waals surface area contributed by atoms with Gasteiger partial charge in [-0.05, 0) is 18.6 Å². The number of nitrogens with one attached hydrogen (secondary N) is 1. The van der Waals surface area contributed by atoms with Gasteiger partial charge in [0.1, 0.15) is 12.7 Å². The van der Waals surface area contributed by atoms with E-state index in [-0.39, 0.29) is 36.5 Å². The van der Waals surface area contributed by atoms with E-state index in [1.807, 2.05) is 18.2 Å². The van der Waals surface area contributed by atoms with Gasteiger partial charge in [0.2, 0.25) is 5.91 Å². The quantitative estimate of drug-likeness (QED) is 0.618. The summed E-state index contributed by atoms with van der Waals surface area (Å²) in [5.41, 5.74) is 1.26. The number of ether oxygens (including phenoxy) is 1. The SMILES string of the molecule is CN(C)C(=O)C[C@H]1CN2C[C@@H](NC(=O)c3ccccc3-n3cncn3)C[C@H]2CO1.O=CO. The number of para-hydroxylation sites is 1. The Balaban J connectivity index is 0.000000913. The minimum Gasteiger partial charge on any atom is -0.483 e. The molecule has 2 amide bonds. The second-order valence-corrected chi connectivity index (χ2v) is 7.92. The van der Waals surface area contributed by atoms with E-state index < -0.39 is 0 Å².